The Balaban J connectivity index is 2.22. The molecule has 1 aromatic rings. The number of hydrogen-bond acceptors (Lipinski definition) is 3. The zero-order valence-electron chi connectivity index (χ0n) is 8.39. The maximum Gasteiger partial charge on any atom is 0.327 e. The highest BCUT2D eigenvalue weighted by Gasteiger charge is 2.28. The minimum absolute atomic E-state index is 0.457. The van der Waals surface area contributed by atoms with Crippen LogP contribution in [0.4, 0.5) is 5.69 Å². The maximum atomic E-state index is 11.1. The normalized spacial score (nSPS) is 21.3. The van der Waals surface area contributed by atoms with Crippen LogP contribution in [-0.2, 0) is 4.79 Å². The van der Waals surface area contributed by atoms with Crippen molar-refractivity contribution in [3.8, 4) is 0 Å². The number of carboxylic acid groups (broad SMARTS) is 1. The lowest BCUT2D eigenvalue weighted by Gasteiger charge is -2.35. The van der Waals surface area contributed by atoms with E-state index in [0.717, 1.165) is 18.8 Å². The molecule has 0 saturated carbocycles. The van der Waals surface area contributed by atoms with Crippen molar-refractivity contribution >= 4 is 11.7 Å². The van der Waals surface area contributed by atoms with Gasteiger partial charge in [0.05, 0.1) is 0 Å². The molecule has 0 amide bonds. The Hall–Kier alpha value is -1.55. The van der Waals surface area contributed by atoms with E-state index < -0.39 is 12.0 Å². The molecular formula is C11H14N2O2. The first-order chi connectivity index (χ1) is 7.29. The van der Waals surface area contributed by atoms with Crippen molar-refractivity contribution in [1.29, 1.82) is 0 Å². The summed E-state index contributed by atoms with van der Waals surface area (Å²) in [5.41, 5.74) is 0.978. The third-order valence-corrected chi connectivity index (χ3v) is 2.62. The van der Waals surface area contributed by atoms with Crippen molar-refractivity contribution < 1.29 is 9.90 Å². The molecule has 15 heavy (non-hydrogen) atoms. The van der Waals surface area contributed by atoms with E-state index in [-0.39, 0.29) is 0 Å². The van der Waals surface area contributed by atoms with E-state index >= 15 is 0 Å². The molecule has 1 aromatic carbocycles. The third kappa shape index (κ3) is 2.10. The molecule has 2 N–H and O–H groups in total. The molecule has 0 radical (unpaired) electrons. The van der Waals surface area contributed by atoms with Crippen LogP contribution in [0, 0.1) is 0 Å². The van der Waals surface area contributed by atoms with Crippen LogP contribution in [0.5, 0.6) is 0 Å². The van der Waals surface area contributed by atoms with E-state index in [4.69, 9.17) is 5.11 Å². The monoisotopic (exact) mass is 206 g/mol. The van der Waals surface area contributed by atoms with Crippen LogP contribution in [-0.4, -0.2) is 36.8 Å². The zero-order chi connectivity index (χ0) is 10.7. The molecule has 1 saturated heterocycles. The number of nitrogens with zero attached hydrogens (tertiary/aromatic N) is 1. The predicted octanol–water partition coefficient (Wildman–Crippen LogP) is 0.549. The summed E-state index contributed by atoms with van der Waals surface area (Å²) in [5.74, 6) is -0.772. The van der Waals surface area contributed by atoms with Gasteiger partial charge in [0, 0.05) is 25.3 Å². The largest absolute Gasteiger partial charge is 0.480 e. The second kappa shape index (κ2) is 4.31. The van der Waals surface area contributed by atoms with Crippen LogP contribution in [0.3, 0.4) is 0 Å². The van der Waals surface area contributed by atoms with Crippen molar-refractivity contribution in [2.45, 2.75) is 6.04 Å². The maximum absolute atomic E-state index is 11.1. The van der Waals surface area contributed by atoms with Gasteiger partial charge < -0.3 is 15.3 Å². The molecule has 0 aromatic heterocycles. The van der Waals surface area contributed by atoms with Crippen molar-refractivity contribution in [2.24, 2.45) is 0 Å². The van der Waals surface area contributed by atoms with Crippen molar-refractivity contribution in [1.82, 2.24) is 5.32 Å². The Kier molecular flexibility index (Phi) is 2.87. The van der Waals surface area contributed by atoms with Gasteiger partial charge in [-0.15, -0.1) is 0 Å². The summed E-state index contributed by atoms with van der Waals surface area (Å²) < 4.78 is 0. The van der Waals surface area contributed by atoms with Crippen LogP contribution in [0.25, 0.3) is 0 Å². The van der Waals surface area contributed by atoms with Gasteiger partial charge in [-0.3, -0.25) is 0 Å². The van der Waals surface area contributed by atoms with Crippen molar-refractivity contribution in [3.05, 3.63) is 30.3 Å². The average molecular weight is 206 g/mol. The highest BCUT2D eigenvalue weighted by atomic mass is 16.4. The summed E-state index contributed by atoms with van der Waals surface area (Å²) in [7, 11) is 0. The zero-order valence-corrected chi connectivity index (χ0v) is 8.39. The minimum Gasteiger partial charge on any atom is -0.480 e. The number of benzene rings is 1. The van der Waals surface area contributed by atoms with Crippen LogP contribution >= 0.6 is 0 Å². The van der Waals surface area contributed by atoms with Crippen LogP contribution in [0.2, 0.25) is 0 Å². The lowest BCUT2D eigenvalue weighted by atomic mass is 10.1. The second-order valence-corrected chi connectivity index (χ2v) is 3.59. The van der Waals surface area contributed by atoms with Gasteiger partial charge in [0.1, 0.15) is 6.04 Å². The third-order valence-electron chi connectivity index (χ3n) is 2.62. The number of carbonyl (C=O) groups is 1. The molecule has 4 heteroatoms. The van der Waals surface area contributed by atoms with E-state index in [9.17, 15) is 4.79 Å². The molecule has 0 bridgehead atoms. The number of rotatable bonds is 2. The predicted molar refractivity (Wildman–Crippen MR) is 58.1 cm³/mol. The highest BCUT2D eigenvalue weighted by Crippen LogP contribution is 2.17. The van der Waals surface area contributed by atoms with Gasteiger partial charge in [0.15, 0.2) is 0 Å². The number of hydrogen-bond donors (Lipinski definition) is 2. The number of para-hydroxylation sites is 1. The fraction of sp³-hybridized carbons (Fsp3) is 0.364. The number of nitrogens with one attached hydrogen (secondary N) is 1. The van der Waals surface area contributed by atoms with Gasteiger partial charge in [-0.05, 0) is 12.1 Å². The Morgan fingerprint density at radius 2 is 2.13 bits per heavy atom. The Morgan fingerprint density at radius 1 is 1.40 bits per heavy atom. The quantitative estimate of drug-likeness (QED) is 0.742. The molecule has 4 nitrogen and oxygen atoms in total. The summed E-state index contributed by atoms with van der Waals surface area (Å²) in [5, 5.41) is 12.2. The van der Waals surface area contributed by atoms with E-state index in [1.807, 2.05) is 35.2 Å². The van der Waals surface area contributed by atoms with Gasteiger partial charge in [-0.1, -0.05) is 18.2 Å². The Bertz CT molecular complexity index is 340. The molecule has 0 spiro atoms. The SMILES string of the molecule is O=C(O)[C@H]1CNCCN1c1ccccc1. The molecule has 1 heterocycles. The standard InChI is InChI=1S/C11H14N2O2/c14-11(15)10-8-12-6-7-13(10)9-4-2-1-3-5-9/h1-5,10,12H,6-8H2,(H,14,15)/t10-/m1/s1. The molecule has 1 aliphatic rings. The van der Waals surface area contributed by atoms with Gasteiger partial charge >= 0.3 is 5.97 Å². The lowest BCUT2D eigenvalue weighted by Crippen LogP contribution is -2.55. The second-order valence-electron chi connectivity index (χ2n) is 3.59. The van der Waals surface area contributed by atoms with Crippen molar-refractivity contribution in [2.75, 3.05) is 24.5 Å². The Labute approximate surface area is 88.5 Å². The first-order valence-electron chi connectivity index (χ1n) is 5.04. The fourth-order valence-corrected chi connectivity index (χ4v) is 1.85. The Morgan fingerprint density at radius 3 is 2.80 bits per heavy atom. The highest BCUT2D eigenvalue weighted by molar-refractivity contribution is 5.78. The van der Waals surface area contributed by atoms with Gasteiger partial charge in [-0.2, -0.15) is 0 Å². The molecule has 1 fully saturated rings. The molecule has 1 aliphatic heterocycles. The first kappa shape index (κ1) is 9.98. The summed E-state index contributed by atoms with van der Waals surface area (Å²) >= 11 is 0. The van der Waals surface area contributed by atoms with Crippen LogP contribution < -0.4 is 10.2 Å². The van der Waals surface area contributed by atoms with E-state index in [2.05, 4.69) is 5.32 Å². The smallest absolute Gasteiger partial charge is 0.327 e. The summed E-state index contributed by atoms with van der Waals surface area (Å²) in [6.07, 6.45) is 0. The molecule has 2 rings (SSSR count). The molecular weight excluding hydrogens is 192 g/mol. The number of aliphatic carboxylic acids is 1. The topological polar surface area (TPSA) is 52.6 Å². The van der Waals surface area contributed by atoms with Gasteiger partial charge in [0.2, 0.25) is 0 Å². The van der Waals surface area contributed by atoms with Gasteiger partial charge in [-0.25, -0.2) is 4.79 Å². The molecule has 80 valence electrons. The van der Waals surface area contributed by atoms with E-state index in [1.165, 1.54) is 0 Å². The minimum atomic E-state index is -0.772. The van der Waals surface area contributed by atoms with Crippen molar-refractivity contribution in [3.63, 3.8) is 0 Å². The van der Waals surface area contributed by atoms with E-state index in [0.29, 0.717) is 6.54 Å². The van der Waals surface area contributed by atoms with Crippen LogP contribution in [0.15, 0.2) is 30.3 Å². The van der Waals surface area contributed by atoms with E-state index in [1.54, 1.807) is 0 Å². The molecule has 1 atom stereocenters. The number of carboxylic acids is 1. The number of anilines is 1. The molecule has 0 aliphatic carbocycles. The molecule has 0 unspecified atom stereocenters. The summed E-state index contributed by atoms with van der Waals surface area (Å²) in [6, 6.07) is 9.22. The first-order valence-corrected chi connectivity index (χ1v) is 5.04. The summed E-state index contributed by atoms with van der Waals surface area (Å²) in [4.78, 5) is 13.0. The lowest BCUT2D eigenvalue weighted by molar-refractivity contribution is -0.138. The van der Waals surface area contributed by atoms with Gasteiger partial charge in [0.25, 0.3) is 0 Å². The van der Waals surface area contributed by atoms with Crippen LogP contribution in [0.1, 0.15) is 0 Å². The average Bonchev–Trinajstić information content (AvgIpc) is 2.30. The number of piperazine rings is 1. The fourth-order valence-electron chi connectivity index (χ4n) is 1.85. The summed E-state index contributed by atoms with van der Waals surface area (Å²) in [6.45, 7) is 2.07.